The summed E-state index contributed by atoms with van der Waals surface area (Å²) in [4.78, 5) is 8.79. The van der Waals surface area contributed by atoms with Crippen LogP contribution < -0.4 is 24.3 Å². The van der Waals surface area contributed by atoms with Gasteiger partial charge < -0.3 is 29.0 Å². The maximum absolute atomic E-state index is 5.64. The summed E-state index contributed by atoms with van der Waals surface area (Å²) in [5, 5.41) is 4.15. The van der Waals surface area contributed by atoms with Crippen LogP contribution in [-0.2, 0) is 17.7 Å². The highest BCUT2D eigenvalue weighted by Crippen LogP contribution is 2.43. The molecule has 31 heavy (non-hydrogen) atoms. The van der Waals surface area contributed by atoms with Crippen molar-refractivity contribution >= 4 is 16.7 Å². The van der Waals surface area contributed by atoms with Gasteiger partial charge in [0.25, 0.3) is 0 Å². The number of hydrogen-bond donors (Lipinski definition) is 1. The van der Waals surface area contributed by atoms with Crippen LogP contribution in [-0.4, -0.2) is 45.2 Å². The van der Waals surface area contributed by atoms with E-state index in [-0.39, 0.29) is 6.79 Å². The number of nitrogens with zero attached hydrogens (tertiary/aromatic N) is 2. The molecule has 2 aromatic carbocycles. The van der Waals surface area contributed by atoms with Crippen molar-refractivity contribution in [3.8, 4) is 23.0 Å². The third-order valence-electron chi connectivity index (χ3n) is 4.71. The molecule has 0 saturated carbocycles. The van der Waals surface area contributed by atoms with Crippen LogP contribution in [0.25, 0.3) is 10.9 Å². The van der Waals surface area contributed by atoms with Crippen LogP contribution in [0, 0.1) is 0 Å². The van der Waals surface area contributed by atoms with E-state index in [1.165, 1.54) is 6.33 Å². The average molecular weight is 425 g/mol. The summed E-state index contributed by atoms with van der Waals surface area (Å²) in [7, 11) is 6.30. The first-order valence-electron chi connectivity index (χ1n) is 9.68. The zero-order valence-corrected chi connectivity index (χ0v) is 18.2. The van der Waals surface area contributed by atoms with E-state index in [2.05, 4.69) is 27.9 Å². The lowest BCUT2D eigenvalue weighted by atomic mass is 10.1. The summed E-state index contributed by atoms with van der Waals surface area (Å²) in [6, 6.07) is 7.85. The van der Waals surface area contributed by atoms with Crippen molar-refractivity contribution in [1.29, 1.82) is 0 Å². The van der Waals surface area contributed by atoms with Gasteiger partial charge in [-0.25, -0.2) is 9.97 Å². The number of aromatic nitrogens is 2. The van der Waals surface area contributed by atoms with Crippen LogP contribution in [0.4, 0.5) is 5.82 Å². The minimum atomic E-state index is 0.196. The summed E-state index contributed by atoms with van der Waals surface area (Å²) in [5.41, 5.74) is 2.74. The van der Waals surface area contributed by atoms with Gasteiger partial charge in [0.05, 0.1) is 26.7 Å². The molecule has 8 heteroatoms. The molecule has 0 spiro atoms. The molecule has 1 heterocycles. The molecule has 0 unspecified atom stereocenters. The summed E-state index contributed by atoms with van der Waals surface area (Å²) < 4.78 is 27.1. The molecule has 0 aliphatic heterocycles. The summed E-state index contributed by atoms with van der Waals surface area (Å²) in [5.74, 6) is 2.96. The molecule has 0 bridgehead atoms. The fourth-order valence-corrected chi connectivity index (χ4v) is 3.31. The van der Waals surface area contributed by atoms with Crippen LogP contribution >= 0.6 is 0 Å². The number of hydrogen-bond acceptors (Lipinski definition) is 8. The summed E-state index contributed by atoms with van der Waals surface area (Å²) in [6.07, 6.45) is 4.03. The zero-order chi connectivity index (χ0) is 22.2. The van der Waals surface area contributed by atoms with Crippen molar-refractivity contribution in [3.63, 3.8) is 0 Å². The second-order valence-corrected chi connectivity index (χ2v) is 6.60. The number of nitrogens with one attached hydrogen (secondary N) is 1. The van der Waals surface area contributed by atoms with Gasteiger partial charge in [0.15, 0.2) is 18.3 Å². The van der Waals surface area contributed by atoms with Gasteiger partial charge >= 0.3 is 0 Å². The molecule has 0 saturated heterocycles. The van der Waals surface area contributed by atoms with E-state index in [4.69, 9.17) is 23.7 Å². The molecule has 0 radical (unpaired) electrons. The van der Waals surface area contributed by atoms with Gasteiger partial charge in [-0.15, -0.1) is 6.58 Å². The van der Waals surface area contributed by atoms with E-state index >= 15 is 0 Å². The van der Waals surface area contributed by atoms with E-state index in [0.717, 1.165) is 22.3 Å². The Kier molecular flexibility index (Phi) is 7.50. The normalized spacial score (nSPS) is 10.6. The molecule has 0 fully saturated rings. The Morgan fingerprint density at radius 1 is 0.968 bits per heavy atom. The third-order valence-corrected chi connectivity index (χ3v) is 4.71. The van der Waals surface area contributed by atoms with Gasteiger partial charge in [-0.05, 0) is 29.7 Å². The maximum Gasteiger partial charge on any atom is 0.205 e. The standard InChI is InChI=1S/C23H27N3O5/c1-6-7-16-10-15(8-9-18(16)31-14-27-2)12-24-23-17-11-19(28-3)21(29-4)22(30-5)20(17)25-13-26-23/h6,8-11,13H,1,7,12,14H2,2-5H3,(H,24,25,26). The molecule has 0 aliphatic carbocycles. The number of fused-ring (bicyclic) bond motifs is 1. The maximum atomic E-state index is 5.64. The SMILES string of the molecule is C=CCc1cc(CNc2ncnc3c(OC)c(OC)c(OC)cc23)ccc1OCOC. The highest BCUT2D eigenvalue weighted by atomic mass is 16.7. The minimum Gasteiger partial charge on any atom is -0.493 e. The van der Waals surface area contributed by atoms with Crippen LogP contribution in [0.5, 0.6) is 23.0 Å². The van der Waals surface area contributed by atoms with Crippen molar-refractivity contribution in [1.82, 2.24) is 9.97 Å². The Balaban J connectivity index is 1.92. The fraction of sp³-hybridized carbons (Fsp3) is 0.304. The lowest BCUT2D eigenvalue weighted by Crippen LogP contribution is -2.06. The number of allylic oxidation sites excluding steroid dienone is 1. The molecule has 1 N–H and O–H groups in total. The molecular formula is C23H27N3O5. The van der Waals surface area contributed by atoms with Gasteiger partial charge in [-0.3, -0.25) is 0 Å². The first kappa shape index (κ1) is 22.2. The molecule has 0 atom stereocenters. The van der Waals surface area contributed by atoms with Crippen LogP contribution in [0.2, 0.25) is 0 Å². The Labute approximate surface area is 181 Å². The van der Waals surface area contributed by atoms with E-state index in [9.17, 15) is 0 Å². The Morgan fingerprint density at radius 2 is 1.77 bits per heavy atom. The quantitative estimate of drug-likeness (QED) is 0.365. The first-order valence-corrected chi connectivity index (χ1v) is 9.68. The molecular weight excluding hydrogens is 398 g/mol. The van der Waals surface area contributed by atoms with Crippen LogP contribution in [0.1, 0.15) is 11.1 Å². The van der Waals surface area contributed by atoms with Crippen molar-refractivity contribution < 1.29 is 23.7 Å². The highest BCUT2D eigenvalue weighted by Gasteiger charge is 2.19. The monoisotopic (exact) mass is 425 g/mol. The number of methoxy groups -OCH3 is 4. The van der Waals surface area contributed by atoms with Crippen LogP contribution in [0.3, 0.4) is 0 Å². The van der Waals surface area contributed by atoms with Crippen molar-refractivity contribution in [2.24, 2.45) is 0 Å². The molecule has 8 nitrogen and oxygen atoms in total. The molecule has 164 valence electrons. The van der Waals surface area contributed by atoms with Crippen LogP contribution in [0.15, 0.2) is 43.2 Å². The smallest absolute Gasteiger partial charge is 0.205 e. The zero-order valence-electron chi connectivity index (χ0n) is 18.2. The fourth-order valence-electron chi connectivity index (χ4n) is 3.31. The van der Waals surface area contributed by atoms with E-state index < -0.39 is 0 Å². The Morgan fingerprint density at radius 3 is 2.45 bits per heavy atom. The highest BCUT2D eigenvalue weighted by molar-refractivity contribution is 5.96. The molecule has 0 amide bonds. The largest absolute Gasteiger partial charge is 0.493 e. The third kappa shape index (κ3) is 4.80. The lowest BCUT2D eigenvalue weighted by molar-refractivity contribution is 0.0505. The lowest BCUT2D eigenvalue weighted by Gasteiger charge is -2.16. The number of ether oxygens (including phenoxy) is 5. The summed E-state index contributed by atoms with van der Waals surface area (Å²) in [6.45, 7) is 4.58. The van der Waals surface area contributed by atoms with Gasteiger partial charge in [0.1, 0.15) is 23.4 Å². The van der Waals surface area contributed by atoms with Gasteiger partial charge in [0, 0.05) is 13.7 Å². The van der Waals surface area contributed by atoms with Crippen molar-refractivity contribution in [3.05, 3.63) is 54.4 Å². The molecule has 3 aromatic rings. The van der Waals surface area contributed by atoms with E-state index in [1.807, 2.05) is 24.3 Å². The van der Waals surface area contributed by atoms with E-state index in [0.29, 0.717) is 41.5 Å². The predicted molar refractivity (Wildman–Crippen MR) is 119 cm³/mol. The van der Waals surface area contributed by atoms with E-state index in [1.54, 1.807) is 28.4 Å². The Bertz CT molecular complexity index is 1060. The number of benzene rings is 2. The number of anilines is 1. The van der Waals surface area contributed by atoms with Crippen molar-refractivity contribution in [2.45, 2.75) is 13.0 Å². The summed E-state index contributed by atoms with van der Waals surface area (Å²) >= 11 is 0. The minimum absolute atomic E-state index is 0.196. The Hall–Kier alpha value is -3.52. The first-order chi connectivity index (χ1) is 15.2. The molecule has 0 aliphatic rings. The van der Waals surface area contributed by atoms with Crippen molar-refractivity contribution in [2.75, 3.05) is 40.5 Å². The van der Waals surface area contributed by atoms with Gasteiger partial charge in [-0.2, -0.15) is 0 Å². The van der Waals surface area contributed by atoms with Gasteiger partial charge in [0.2, 0.25) is 5.75 Å². The average Bonchev–Trinajstić information content (AvgIpc) is 2.80. The second-order valence-electron chi connectivity index (χ2n) is 6.60. The molecule has 1 aromatic heterocycles. The molecule has 3 rings (SSSR count). The second kappa shape index (κ2) is 10.5. The topological polar surface area (TPSA) is 84.0 Å². The predicted octanol–water partition coefficient (Wildman–Crippen LogP) is 3.98. The number of rotatable bonds is 11. The van der Waals surface area contributed by atoms with Gasteiger partial charge in [-0.1, -0.05) is 18.2 Å².